The second kappa shape index (κ2) is 2.76. The van der Waals surface area contributed by atoms with E-state index in [1.165, 1.54) is 0 Å². The fourth-order valence-corrected chi connectivity index (χ4v) is 1.53. The number of hydrogen-bond acceptors (Lipinski definition) is 1. The van der Waals surface area contributed by atoms with Crippen LogP contribution >= 0.6 is 0 Å². The molecule has 0 saturated carbocycles. The van der Waals surface area contributed by atoms with Crippen LogP contribution in [0.15, 0.2) is 24.3 Å². The minimum absolute atomic E-state index is 0.439. The van der Waals surface area contributed by atoms with Crippen molar-refractivity contribution in [3.05, 3.63) is 30.0 Å². The number of nitrogens with two attached hydrogens (primary N) is 1. The summed E-state index contributed by atoms with van der Waals surface area (Å²) in [5.74, 6) is 0. The van der Waals surface area contributed by atoms with Gasteiger partial charge in [0.15, 0.2) is 0 Å². The van der Waals surface area contributed by atoms with Gasteiger partial charge in [-0.25, -0.2) is 4.39 Å². The molecular formula is C10H11FN2. The first-order valence-electron chi connectivity index (χ1n) is 4.12. The van der Waals surface area contributed by atoms with Gasteiger partial charge in [0.25, 0.3) is 0 Å². The summed E-state index contributed by atoms with van der Waals surface area (Å²) in [5, 5.41) is 1.03. The predicted octanol–water partition coefficient (Wildman–Crippen LogP) is 2.23. The zero-order chi connectivity index (χ0) is 9.42. The maximum Gasteiger partial charge on any atom is 0.129 e. The van der Waals surface area contributed by atoms with E-state index < -0.39 is 6.67 Å². The Morgan fingerprint density at radius 1 is 1.38 bits per heavy atom. The molecule has 0 amide bonds. The minimum atomic E-state index is -0.439. The van der Waals surface area contributed by atoms with Gasteiger partial charge in [-0.05, 0) is 18.2 Å². The summed E-state index contributed by atoms with van der Waals surface area (Å²) in [7, 11) is 1.84. The molecule has 0 aliphatic heterocycles. The van der Waals surface area contributed by atoms with Crippen LogP contribution in [0.2, 0.25) is 0 Å². The van der Waals surface area contributed by atoms with Crippen LogP contribution in [0, 0.1) is 0 Å². The van der Waals surface area contributed by atoms with Gasteiger partial charge in [0.05, 0.1) is 5.52 Å². The van der Waals surface area contributed by atoms with Crippen molar-refractivity contribution in [2.24, 2.45) is 7.05 Å². The third-order valence-electron chi connectivity index (χ3n) is 2.31. The first-order valence-corrected chi connectivity index (χ1v) is 4.12. The second-order valence-electron chi connectivity index (χ2n) is 3.15. The summed E-state index contributed by atoms with van der Waals surface area (Å²) in [6, 6.07) is 7.43. The van der Waals surface area contributed by atoms with Gasteiger partial charge in [-0.15, -0.1) is 0 Å². The number of fused-ring (bicyclic) bond motifs is 1. The molecule has 0 fully saturated rings. The summed E-state index contributed by atoms with van der Waals surface area (Å²) in [4.78, 5) is 0. The smallest absolute Gasteiger partial charge is 0.129 e. The number of benzene rings is 1. The third kappa shape index (κ3) is 1.16. The van der Waals surface area contributed by atoms with E-state index in [2.05, 4.69) is 0 Å². The Bertz CT molecular complexity index is 445. The highest BCUT2D eigenvalue weighted by Crippen LogP contribution is 2.21. The lowest BCUT2D eigenvalue weighted by molar-refractivity contribution is 0.467. The van der Waals surface area contributed by atoms with Gasteiger partial charge in [0.2, 0.25) is 0 Å². The third-order valence-corrected chi connectivity index (χ3v) is 2.31. The van der Waals surface area contributed by atoms with Gasteiger partial charge in [-0.3, -0.25) is 0 Å². The zero-order valence-electron chi connectivity index (χ0n) is 7.42. The second-order valence-corrected chi connectivity index (χ2v) is 3.15. The molecule has 2 N–H and O–H groups in total. The molecule has 13 heavy (non-hydrogen) atoms. The van der Waals surface area contributed by atoms with Crippen LogP contribution < -0.4 is 5.73 Å². The number of nitrogen functional groups attached to an aromatic ring is 1. The minimum Gasteiger partial charge on any atom is -0.399 e. The normalized spacial score (nSPS) is 10.9. The summed E-state index contributed by atoms with van der Waals surface area (Å²) in [6.07, 6.45) is 0. The molecule has 2 nitrogen and oxygen atoms in total. The van der Waals surface area contributed by atoms with Crippen LogP contribution in [0.4, 0.5) is 10.1 Å². The first kappa shape index (κ1) is 8.10. The number of halogens is 1. The lowest BCUT2D eigenvalue weighted by Crippen LogP contribution is -1.93. The van der Waals surface area contributed by atoms with Crippen LogP contribution in [0.25, 0.3) is 10.9 Å². The highest BCUT2D eigenvalue weighted by Gasteiger charge is 2.04. The van der Waals surface area contributed by atoms with Gasteiger partial charge in [-0.1, -0.05) is 6.07 Å². The molecule has 0 spiro atoms. The summed E-state index contributed by atoms with van der Waals surface area (Å²) in [5.41, 5.74) is 8.00. The van der Waals surface area contributed by atoms with Gasteiger partial charge >= 0.3 is 0 Å². The van der Waals surface area contributed by atoms with Crippen molar-refractivity contribution in [1.82, 2.24) is 4.57 Å². The van der Waals surface area contributed by atoms with E-state index in [9.17, 15) is 4.39 Å². The maximum absolute atomic E-state index is 12.5. The monoisotopic (exact) mass is 178 g/mol. The van der Waals surface area contributed by atoms with Crippen molar-refractivity contribution < 1.29 is 4.39 Å². The Kier molecular flexibility index (Phi) is 1.72. The molecule has 2 rings (SSSR count). The first-order chi connectivity index (χ1) is 6.22. The number of hydrogen-bond donors (Lipinski definition) is 1. The molecule has 3 heteroatoms. The Labute approximate surface area is 75.8 Å². The summed E-state index contributed by atoms with van der Waals surface area (Å²) >= 11 is 0. The zero-order valence-corrected chi connectivity index (χ0v) is 7.42. The fraction of sp³-hybridized carbons (Fsp3) is 0.200. The van der Waals surface area contributed by atoms with Gasteiger partial charge in [0.1, 0.15) is 6.67 Å². The molecule has 2 aromatic rings. The number of alkyl halides is 1. The molecule has 0 radical (unpaired) electrons. The van der Waals surface area contributed by atoms with E-state index >= 15 is 0 Å². The van der Waals surface area contributed by atoms with Crippen LogP contribution in [0.5, 0.6) is 0 Å². The van der Waals surface area contributed by atoms with E-state index in [4.69, 9.17) is 5.73 Å². The molecule has 0 unspecified atom stereocenters. The Morgan fingerprint density at radius 2 is 2.15 bits per heavy atom. The number of nitrogens with zero attached hydrogens (tertiary/aromatic N) is 1. The molecule has 1 aromatic carbocycles. The molecule has 0 saturated heterocycles. The average Bonchev–Trinajstić information content (AvgIpc) is 2.44. The summed E-state index contributed by atoms with van der Waals surface area (Å²) < 4.78 is 14.3. The molecule has 1 heterocycles. The molecular weight excluding hydrogens is 167 g/mol. The Hall–Kier alpha value is -1.51. The van der Waals surface area contributed by atoms with Crippen molar-refractivity contribution in [2.75, 3.05) is 5.73 Å². The van der Waals surface area contributed by atoms with Crippen LogP contribution in [-0.4, -0.2) is 4.57 Å². The number of anilines is 1. The molecule has 1 aromatic heterocycles. The van der Waals surface area contributed by atoms with E-state index in [-0.39, 0.29) is 0 Å². The maximum atomic E-state index is 12.5. The Morgan fingerprint density at radius 3 is 2.85 bits per heavy atom. The molecule has 0 aliphatic rings. The van der Waals surface area contributed by atoms with Crippen molar-refractivity contribution in [2.45, 2.75) is 6.67 Å². The highest BCUT2D eigenvalue weighted by atomic mass is 19.1. The van der Waals surface area contributed by atoms with Crippen molar-refractivity contribution in [3.63, 3.8) is 0 Å². The van der Waals surface area contributed by atoms with Gasteiger partial charge in [-0.2, -0.15) is 0 Å². The molecule has 0 atom stereocenters. The fourth-order valence-electron chi connectivity index (χ4n) is 1.53. The quantitative estimate of drug-likeness (QED) is 0.667. The molecule has 68 valence electrons. The van der Waals surface area contributed by atoms with E-state index in [0.717, 1.165) is 10.9 Å². The van der Waals surface area contributed by atoms with Crippen molar-refractivity contribution in [3.8, 4) is 0 Å². The standard InChI is InChI=1S/C10H11FN2/c1-13-9(6-11)4-7-2-3-8(12)5-10(7)13/h2-5H,6,12H2,1H3. The molecule has 0 aliphatic carbocycles. The number of aryl methyl sites for hydroxylation is 1. The predicted molar refractivity (Wildman–Crippen MR) is 52.1 cm³/mol. The topological polar surface area (TPSA) is 30.9 Å². The number of aromatic nitrogens is 1. The van der Waals surface area contributed by atoms with Crippen molar-refractivity contribution in [1.29, 1.82) is 0 Å². The van der Waals surface area contributed by atoms with E-state index in [1.54, 1.807) is 0 Å². The SMILES string of the molecule is Cn1c(CF)cc2ccc(N)cc21. The average molecular weight is 178 g/mol. The van der Waals surface area contributed by atoms with Gasteiger partial charge in [0, 0.05) is 23.8 Å². The lowest BCUT2D eigenvalue weighted by atomic mass is 10.2. The van der Waals surface area contributed by atoms with Crippen LogP contribution in [-0.2, 0) is 13.7 Å². The lowest BCUT2D eigenvalue weighted by Gasteiger charge is -1.99. The van der Waals surface area contributed by atoms with E-state index in [0.29, 0.717) is 11.4 Å². The van der Waals surface area contributed by atoms with Crippen LogP contribution in [0.3, 0.4) is 0 Å². The van der Waals surface area contributed by atoms with Crippen molar-refractivity contribution >= 4 is 16.6 Å². The number of rotatable bonds is 1. The molecule has 0 bridgehead atoms. The van der Waals surface area contributed by atoms with E-state index in [1.807, 2.05) is 35.9 Å². The largest absolute Gasteiger partial charge is 0.399 e. The van der Waals surface area contributed by atoms with Crippen LogP contribution in [0.1, 0.15) is 5.69 Å². The van der Waals surface area contributed by atoms with Gasteiger partial charge < -0.3 is 10.3 Å². The Balaban J connectivity index is 2.77. The highest BCUT2D eigenvalue weighted by molar-refractivity contribution is 5.84. The summed E-state index contributed by atoms with van der Waals surface area (Å²) in [6.45, 7) is -0.439.